The molecule has 6 heteroatoms. The molecule has 106 valence electrons. The van der Waals surface area contributed by atoms with Gasteiger partial charge in [-0.05, 0) is 13.0 Å². The van der Waals surface area contributed by atoms with Crippen LogP contribution in [0.25, 0.3) is 0 Å². The maximum atomic E-state index is 11.6. The second kappa shape index (κ2) is 6.87. The number of carbonyl (C=O) groups excluding carboxylic acids is 1. The van der Waals surface area contributed by atoms with E-state index >= 15 is 0 Å². The van der Waals surface area contributed by atoms with Crippen molar-refractivity contribution in [2.75, 3.05) is 32.8 Å². The quantitative estimate of drug-likeness (QED) is 0.829. The number of pyridine rings is 1. The molecule has 0 bridgehead atoms. The summed E-state index contributed by atoms with van der Waals surface area (Å²) in [7, 11) is 0. The van der Waals surface area contributed by atoms with Crippen LogP contribution < -0.4 is 0 Å². The summed E-state index contributed by atoms with van der Waals surface area (Å²) >= 11 is 0. The van der Waals surface area contributed by atoms with Crippen molar-refractivity contribution >= 4 is 6.09 Å². The van der Waals surface area contributed by atoms with Crippen molar-refractivity contribution in [3.8, 4) is 6.07 Å². The molecule has 1 fully saturated rings. The molecule has 1 saturated heterocycles. The summed E-state index contributed by atoms with van der Waals surface area (Å²) < 4.78 is 4.99. The van der Waals surface area contributed by atoms with Gasteiger partial charge in [-0.3, -0.25) is 4.90 Å². The summed E-state index contributed by atoms with van der Waals surface area (Å²) in [6, 6.07) is 5.86. The van der Waals surface area contributed by atoms with Gasteiger partial charge in [-0.1, -0.05) is 6.07 Å². The van der Waals surface area contributed by atoms with Crippen molar-refractivity contribution < 1.29 is 9.53 Å². The average Bonchev–Trinajstić information content (AvgIpc) is 2.49. The lowest BCUT2D eigenvalue weighted by molar-refractivity contribution is 0.0778. The Kier molecular flexibility index (Phi) is 4.91. The van der Waals surface area contributed by atoms with Gasteiger partial charge in [-0.25, -0.2) is 9.78 Å². The molecule has 0 N–H and O–H groups in total. The summed E-state index contributed by atoms with van der Waals surface area (Å²) in [6.45, 7) is 5.76. The van der Waals surface area contributed by atoms with E-state index in [2.05, 4.69) is 16.0 Å². The first-order chi connectivity index (χ1) is 9.74. The SMILES string of the molecule is CCOC(=O)N1CCN(Cc2cccnc2C#N)CC1. The summed E-state index contributed by atoms with van der Waals surface area (Å²) in [4.78, 5) is 19.6. The fraction of sp³-hybridized carbons (Fsp3) is 0.500. The molecule has 1 aromatic rings. The van der Waals surface area contributed by atoms with Crippen molar-refractivity contribution in [2.24, 2.45) is 0 Å². The first-order valence-corrected chi connectivity index (χ1v) is 6.72. The lowest BCUT2D eigenvalue weighted by Gasteiger charge is -2.34. The zero-order valence-corrected chi connectivity index (χ0v) is 11.6. The van der Waals surface area contributed by atoms with E-state index in [9.17, 15) is 4.79 Å². The minimum atomic E-state index is -0.244. The molecule has 1 aromatic heterocycles. The summed E-state index contributed by atoms with van der Waals surface area (Å²) in [5, 5.41) is 9.02. The Morgan fingerprint density at radius 3 is 2.85 bits per heavy atom. The van der Waals surface area contributed by atoms with Crippen LogP contribution >= 0.6 is 0 Å². The molecule has 0 radical (unpaired) electrons. The predicted molar refractivity (Wildman–Crippen MR) is 72.8 cm³/mol. The molecule has 2 heterocycles. The molecule has 0 saturated carbocycles. The Hall–Kier alpha value is -2.13. The maximum absolute atomic E-state index is 11.6. The van der Waals surface area contributed by atoms with Crippen molar-refractivity contribution in [1.82, 2.24) is 14.8 Å². The van der Waals surface area contributed by atoms with E-state index in [0.717, 1.165) is 18.7 Å². The number of ether oxygens (including phenoxy) is 1. The monoisotopic (exact) mass is 274 g/mol. The van der Waals surface area contributed by atoms with Gasteiger partial charge in [0.15, 0.2) is 0 Å². The van der Waals surface area contributed by atoms with E-state index in [1.54, 1.807) is 18.0 Å². The molecule has 1 aliphatic heterocycles. The molecule has 0 unspecified atom stereocenters. The van der Waals surface area contributed by atoms with Crippen LogP contribution in [0.4, 0.5) is 4.79 Å². The summed E-state index contributed by atoms with van der Waals surface area (Å²) in [5.74, 6) is 0. The highest BCUT2D eigenvalue weighted by molar-refractivity contribution is 5.67. The fourth-order valence-electron chi connectivity index (χ4n) is 2.21. The molecule has 0 spiro atoms. The third-order valence-corrected chi connectivity index (χ3v) is 3.29. The Morgan fingerprint density at radius 2 is 2.20 bits per heavy atom. The van der Waals surface area contributed by atoms with Crippen LogP contribution in [0.15, 0.2) is 18.3 Å². The lowest BCUT2D eigenvalue weighted by Crippen LogP contribution is -2.48. The number of carbonyl (C=O) groups is 1. The molecule has 0 atom stereocenters. The van der Waals surface area contributed by atoms with Crippen LogP contribution in [0.1, 0.15) is 18.2 Å². The topological polar surface area (TPSA) is 69.5 Å². The van der Waals surface area contributed by atoms with Crippen LogP contribution in [0.3, 0.4) is 0 Å². The van der Waals surface area contributed by atoms with Crippen molar-refractivity contribution in [3.05, 3.63) is 29.6 Å². The second-order valence-corrected chi connectivity index (χ2v) is 4.59. The number of hydrogen-bond donors (Lipinski definition) is 0. The van der Waals surface area contributed by atoms with E-state index in [0.29, 0.717) is 31.9 Å². The molecule has 0 aliphatic carbocycles. The van der Waals surface area contributed by atoms with Gasteiger partial charge in [0.25, 0.3) is 0 Å². The smallest absolute Gasteiger partial charge is 0.409 e. The third-order valence-electron chi connectivity index (χ3n) is 3.29. The van der Waals surface area contributed by atoms with E-state index in [1.807, 2.05) is 12.1 Å². The van der Waals surface area contributed by atoms with Crippen LogP contribution in [0, 0.1) is 11.3 Å². The van der Waals surface area contributed by atoms with Crippen LogP contribution in [-0.4, -0.2) is 53.7 Å². The van der Waals surface area contributed by atoms with Crippen molar-refractivity contribution in [2.45, 2.75) is 13.5 Å². The predicted octanol–water partition coefficient (Wildman–Crippen LogP) is 1.23. The van der Waals surface area contributed by atoms with Gasteiger partial charge >= 0.3 is 6.09 Å². The molecule has 6 nitrogen and oxygen atoms in total. The highest BCUT2D eigenvalue weighted by atomic mass is 16.6. The van der Waals surface area contributed by atoms with Gasteiger partial charge in [0.2, 0.25) is 0 Å². The Bertz CT molecular complexity index is 504. The van der Waals surface area contributed by atoms with E-state index in [4.69, 9.17) is 10.00 Å². The molecule has 2 rings (SSSR count). The second-order valence-electron chi connectivity index (χ2n) is 4.59. The van der Waals surface area contributed by atoms with Crippen LogP contribution in [0.5, 0.6) is 0 Å². The largest absolute Gasteiger partial charge is 0.450 e. The summed E-state index contributed by atoms with van der Waals surface area (Å²) in [5.41, 5.74) is 1.40. The summed E-state index contributed by atoms with van der Waals surface area (Å²) in [6.07, 6.45) is 1.38. The van der Waals surface area contributed by atoms with E-state index in [-0.39, 0.29) is 6.09 Å². The van der Waals surface area contributed by atoms with Crippen LogP contribution in [-0.2, 0) is 11.3 Å². The van der Waals surface area contributed by atoms with E-state index < -0.39 is 0 Å². The van der Waals surface area contributed by atoms with Gasteiger partial charge in [0, 0.05) is 44.5 Å². The Morgan fingerprint density at radius 1 is 1.45 bits per heavy atom. The maximum Gasteiger partial charge on any atom is 0.409 e. The average molecular weight is 274 g/mol. The van der Waals surface area contributed by atoms with Crippen LogP contribution in [0.2, 0.25) is 0 Å². The zero-order valence-electron chi connectivity index (χ0n) is 11.6. The minimum Gasteiger partial charge on any atom is -0.450 e. The van der Waals surface area contributed by atoms with Gasteiger partial charge in [0.05, 0.1) is 6.61 Å². The number of piperazine rings is 1. The number of nitrogens with zero attached hydrogens (tertiary/aromatic N) is 4. The third kappa shape index (κ3) is 3.45. The number of nitriles is 1. The number of amides is 1. The minimum absolute atomic E-state index is 0.244. The molecular weight excluding hydrogens is 256 g/mol. The number of hydrogen-bond acceptors (Lipinski definition) is 5. The molecule has 0 aromatic carbocycles. The molecule has 1 amide bonds. The van der Waals surface area contributed by atoms with Gasteiger partial charge < -0.3 is 9.64 Å². The molecule has 20 heavy (non-hydrogen) atoms. The number of aromatic nitrogens is 1. The highest BCUT2D eigenvalue weighted by Crippen LogP contribution is 2.11. The van der Waals surface area contributed by atoms with Crippen molar-refractivity contribution in [1.29, 1.82) is 5.26 Å². The van der Waals surface area contributed by atoms with Gasteiger partial charge in [0.1, 0.15) is 11.8 Å². The highest BCUT2D eigenvalue weighted by Gasteiger charge is 2.22. The zero-order chi connectivity index (χ0) is 14.4. The standard InChI is InChI=1S/C14H18N4O2/c1-2-20-14(19)18-8-6-17(7-9-18)11-12-4-3-5-16-13(12)10-15/h3-5H,2,6-9,11H2,1H3. The number of rotatable bonds is 3. The van der Waals surface area contributed by atoms with Gasteiger partial charge in [-0.15, -0.1) is 0 Å². The molecule has 1 aliphatic rings. The van der Waals surface area contributed by atoms with Gasteiger partial charge in [-0.2, -0.15) is 5.26 Å². The Labute approximate surface area is 118 Å². The molecular formula is C14H18N4O2. The fourth-order valence-corrected chi connectivity index (χ4v) is 2.21. The Balaban J connectivity index is 1.89. The first kappa shape index (κ1) is 14.3. The first-order valence-electron chi connectivity index (χ1n) is 6.72. The van der Waals surface area contributed by atoms with Crippen molar-refractivity contribution in [3.63, 3.8) is 0 Å². The lowest BCUT2D eigenvalue weighted by atomic mass is 10.2. The van der Waals surface area contributed by atoms with E-state index in [1.165, 1.54) is 0 Å². The normalized spacial score (nSPS) is 15.7.